The molecule has 0 aliphatic heterocycles. The Labute approximate surface area is 186 Å². The zero-order chi connectivity index (χ0) is 22.4. The van der Waals surface area contributed by atoms with Crippen LogP contribution in [-0.2, 0) is 10.8 Å². The van der Waals surface area contributed by atoms with Crippen molar-refractivity contribution in [2.45, 2.75) is 64.2 Å². The molecule has 0 amide bonds. The number of aromatic hydroxyl groups is 1. The Morgan fingerprint density at radius 2 is 1.23 bits per heavy atom. The molecule has 0 saturated carbocycles. The van der Waals surface area contributed by atoms with E-state index in [1.54, 1.807) is 19.1 Å². The summed E-state index contributed by atoms with van der Waals surface area (Å²) in [6.07, 6.45) is 2.37. The lowest BCUT2D eigenvalue weighted by Crippen LogP contribution is -2.34. The van der Waals surface area contributed by atoms with E-state index in [0.29, 0.717) is 0 Å². The van der Waals surface area contributed by atoms with E-state index in [1.807, 2.05) is 24.3 Å². The number of ketones is 1. The van der Waals surface area contributed by atoms with Crippen molar-refractivity contribution in [3.63, 3.8) is 0 Å². The summed E-state index contributed by atoms with van der Waals surface area (Å²) >= 11 is 0. The molecule has 1 unspecified atom stereocenters. The Hall–Kier alpha value is -2.87. The number of carbonyl (C=O) groups excluding carboxylic acids is 1. The van der Waals surface area contributed by atoms with Gasteiger partial charge in [0.05, 0.1) is 0 Å². The largest absolute Gasteiger partial charge is 0.508 e. The van der Waals surface area contributed by atoms with E-state index in [1.165, 1.54) is 29.5 Å². The third kappa shape index (κ3) is 4.04. The van der Waals surface area contributed by atoms with Crippen LogP contribution >= 0.6 is 0 Å². The monoisotopic (exact) mass is 412 g/mol. The van der Waals surface area contributed by atoms with Crippen molar-refractivity contribution in [2.24, 2.45) is 0 Å². The summed E-state index contributed by atoms with van der Waals surface area (Å²) < 4.78 is 0. The first kappa shape index (κ1) is 21.4. The summed E-state index contributed by atoms with van der Waals surface area (Å²) in [5, 5.41) is 9.82. The fourth-order valence-corrected chi connectivity index (χ4v) is 4.94. The van der Waals surface area contributed by atoms with Crippen LogP contribution in [0.2, 0.25) is 0 Å². The molecule has 1 aliphatic rings. The number of hydrogen-bond acceptors (Lipinski definition) is 2. The van der Waals surface area contributed by atoms with Crippen molar-refractivity contribution in [3.8, 4) is 5.75 Å². The molecule has 1 N–H and O–H groups in total. The van der Waals surface area contributed by atoms with Gasteiger partial charge < -0.3 is 5.11 Å². The van der Waals surface area contributed by atoms with Crippen molar-refractivity contribution in [2.75, 3.05) is 0 Å². The van der Waals surface area contributed by atoms with Gasteiger partial charge in [0.1, 0.15) is 5.75 Å². The molecule has 0 bridgehead atoms. The number of hydrogen-bond donors (Lipinski definition) is 1. The van der Waals surface area contributed by atoms with Gasteiger partial charge in [-0.3, -0.25) is 4.79 Å². The van der Waals surface area contributed by atoms with Gasteiger partial charge in [-0.1, -0.05) is 82.3 Å². The topological polar surface area (TPSA) is 37.3 Å². The molecule has 0 heterocycles. The van der Waals surface area contributed by atoms with Crippen molar-refractivity contribution in [3.05, 3.63) is 100 Å². The highest BCUT2D eigenvalue weighted by molar-refractivity contribution is 5.94. The maximum atomic E-state index is 11.8. The van der Waals surface area contributed by atoms with Crippen molar-refractivity contribution < 1.29 is 9.90 Å². The molecule has 4 rings (SSSR count). The van der Waals surface area contributed by atoms with Gasteiger partial charge in [-0.2, -0.15) is 0 Å². The highest BCUT2D eigenvalue weighted by atomic mass is 16.3. The fourth-order valence-electron chi connectivity index (χ4n) is 4.94. The number of benzene rings is 3. The number of phenols is 1. The van der Waals surface area contributed by atoms with Crippen LogP contribution in [0.5, 0.6) is 5.75 Å². The molecule has 2 nitrogen and oxygen atoms in total. The van der Waals surface area contributed by atoms with Crippen LogP contribution in [-0.4, -0.2) is 10.9 Å². The Bertz CT molecular complexity index is 1100. The van der Waals surface area contributed by atoms with E-state index >= 15 is 0 Å². The Morgan fingerprint density at radius 1 is 0.742 bits per heavy atom. The first-order valence-corrected chi connectivity index (χ1v) is 11.1. The van der Waals surface area contributed by atoms with Crippen LogP contribution in [0.15, 0.2) is 66.7 Å². The molecule has 3 aromatic carbocycles. The molecule has 2 heteroatoms. The maximum Gasteiger partial charge on any atom is 0.159 e. The molecular formula is C29H32O2. The molecule has 3 aromatic rings. The van der Waals surface area contributed by atoms with E-state index in [-0.39, 0.29) is 28.3 Å². The third-order valence-electron chi connectivity index (χ3n) is 7.09. The molecule has 31 heavy (non-hydrogen) atoms. The minimum absolute atomic E-state index is 0.0350. The van der Waals surface area contributed by atoms with Crippen LogP contribution in [0, 0.1) is 0 Å². The van der Waals surface area contributed by atoms with Crippen LogP contribution in [0.3, 0.4) is 0 Å². The quantitative estimate of drug-likeness (QED) is 0.366. The van der Waals surface area contributed by atoms with Gasteiger partial charge in [-0.25, -0.2) is 0 Å². The van der Waals surface area contributed by atoms with Gasteiger partial charge in [0.2, 0.25) is 0 Å². The van der Waals surface area contributed by atoms with Gasteiger partial charge in [-0.05, 0) is 70.5 Å². The zero-order valence-corrected chi connectivity index (χ0v) is 19.2. The normalized spacial score (nSPS) is 17.6. The maximum absolute atomic E-state index is 11.8. The van der Waals surface area contributed by atoms with Crippen LogP contribution in [0.1, 0.15) is 91.6 Å². The van der Waals surface area contributed by atoms with Crippen molar-refractivity contribution in [1.82, 2.24) is 0 Å². The summed E-state index contributed by atoms with van der Waals surface area (Å²) in [5.41, 5.74) is 7.44. The number of fused-ring (bicyclic) bond motifs is 1. The van der Waals surface area contributed by atoms with Crippen LogP contribution in [0.4, 0.5) is 0 Å². The summed E-state index contributed by atoms with van der Waals surface area (Å²) in [5.74, 6) is 0.376. The summed E-state index contributed by atoms with van der Waals surface area (Å²) in [6.45, 7) is 11.0. The van der Waals surface area contributed by atoms with Crippen LogP contribution in [0.25, 0.3) is 0 Å². The number of Topliss-reactive ketones (excluding diaryl/α,β-unsaturated/α-hetero) is 1. The second-order valence-corrected chi connectivity index (χ2v) is 10.3. The predicted molar refractivity (Wildman–Crippen MR) is 127 cm³/mol. The van der Waals surface area contributed by atoms with E-state index in [0.717, 1.165) is 16.7 Å². The standard InChI is InChI=1S/C29H32O2/c1-19(30)20-6-8-21(9-7-20)27(22-10-13-24(31)14-11-22)23-12-15-25-26(18-23)29(4,5)17-16-28(25,2)3/h6-15,18,27,31H,16-17H2,1-5H3. The number of carbonyl (C=O) groups is 1. The lowest BCUT2D eigenvalue weighted by molar-refractivity contribution is 0.101. The van der Waals surface area contributed by atoms with Gasteiger partial charge in [0.25, 0.3) is 0 Å². The first-order valence-electron chi connectivity index (χ1n) is 11.1. The lowest BCUT2D eigenvalue weighted by Gasteiger charge is -2.42. The molecule has 1 aliphatic carbocycles. The minimum atomic E-state index is 0.0350. The van der Waals surface area contributed by atoms with E-state index in [4.69, 9.17) is 0 Å². The summed E-state index contributed by atoms with van der Waals surface area (Å²) in [6, 6.07) is 22.4. The highest BCUT2D eigenvalue weighted by Crippen LogP contribution is 2.47. The van der Waals surface area contributed by atoms with Gasteiger partial charge in [0, 0.05) is 11.5 Å². The summed E-state index contributed by atoms with van der Waals surface area (Å²) in [4.78, 5) is 11.8. The predicted octanol–water partition coefficient (Wildman–Crippen LogP) is 7.12. The number of rotatable bonds is 4. The molecule has 1 atom stereocenters. The van der Waals surface area contributed by atoms with E-state index < -0.39 is 0 Å². The highest BCUT2D eigenvalue weighted by Gasteiger charge is 2.37. The second-order valence-electron chi connectivity index (χ2n) is 10.3. The first-order chi connectivity index (χ1) is 14.6. The van der Waals surface area contributed by atoms with E-state index in [2.05, 4.69) is 58.0 Å². The molecular weight excluding hydrogens is 380 g/mol. The molecule has 0 saturated heterocycles. The molecule has 0 spiro atoms. The number of phenolic OH excluding ortho intramolecular Hbond substituents is 1. The van der Waals surface area contributed by atoms with E-state index in [9.17, 15) is 9.90 Å². The van der Waals surface area contributed by atoms with Crippen molar-refractivity contribution >= 4 is 5.78 Å². The fraction of sp³-hybridized carbons (Fsp3) is 0.345. The molecule has 0 radical (unpaired) electrons. The Morgan fingerprint density at radius 3 is 1.77 bits per heavy atom. The third-order valence-corrected chi connectivity index (χ3v) is 7.09. The molecule has 0 fully saturated rings. The average Bonchev–Trinajstić information content (AvgIpc) is 2.73. The van der Waals surface area contributed by atoms with Gasteiger partial charge in [0.15, 0.2) is 5.78 Å². The van der Waals surface area contributed by atoms with Crippen LogP contribution < -0.4 is 0 Å². The Balaban J connectivity index is 1.88. The smallest absolute Gasteiger partial charge is 0.159 e. The molecule has 0 aromatic heterocycles. The zero-order valence-electron chi connectivity index (χ0n) is 19.2. The Kier molecular flexibility index (Phi) is 5.29. The lowest BCUT2D eigenvalue weighted by atomic mass is 9.62. The second kappa shape index (κ2) is 7.67. The van der Waals surface area contributed by atoms with Gasteiger partial charge in [-0.15, -0.1) is 0 Å². The average molecular weight is 413 g/mol. The minimum Gasteiger partial charge on any atom is -0.508 e. The van der Waals surface area contributed by atoms with Gasteiger partial charge >= 0.3 is 0 Å². The van der Waals surface area contributed by atoms with Crippen molar-refractivity contribution in [1.29, 1.82) is 0 Å². The summed E-state index contributed by atoms with van der Waals surface area (Å²) in [7, 11) is 0. The SMILES string of the molecule is CC(=O)c1ccc(C(c2ccc(O)cc2)c2ccc3c(c2)C(C)(C)CCC3(C)C)cc1. The molecule has 160 valence electrons.